The molecule has 6 saturated carbocycles. The van der Waals surface area contributed by atoms with Crippen molar-refractivity contribution in [1.82, 2.24) is 60.6 Å². The van der Waals surface area contributed by atoms with Gasteiger partial charge in [0.25, 0.3) is 0 Å². The van der Waals surface area contributed by atoms with E-state index in [1.807, 2.05) is 133 Å². The SMILES string of the molecule is CC[C@@H]1[C@@H]2CN(C(=O)[C@H](C(C)(C)C)NC(=O)O[C@@H]3C[C@H]3CCCC(F)C(F)c3nc4ccc(OC)cc4nc3O2)[C@@H]1[C-]=O.COc1ccc2nc3c(nc2c1)O[C@H]1CN(C(=O)[C@H](C(C)(C)C)NC(=O)O[C@@H]2CC4CC4[C@H]2CCCC2CC32)[C@H]([C-]=O)[C@@H]1C.COc1ccc2nc3c(nc2c1)O[C@H]1CN(C(=O)[C@H](C(C)(C)C)NC(=O)O[C@]2(C)CCC[C@H]2CCCC2CC32)[C@H]([C-]=O)[C@@H]1C.[V].[V].[V]. The van der Waals surface area contributed by atoms with Crippen LogP contribution in [0.25, 0.3) is 33.1 Å². The minimum atomic E-state index is -2.12. The summed E-state index contributed by atoms with van der Waals surface area (Å²) >= 11 is 0. The van der Waals surface area contributed by atoms with E-state index >= 15 is 8.78 Å². The van der Waals surface area contributed by atoms with E-state index in [2.05, 4.69) is 38.5 Å². The fourth-order valence-corrected chi connectivity index (χ4v) is 21.8. The first-order valence-corrected chi connectivity index (χ1v) is 47.3. The number of alkyl halides is 2. The van der Waals surface area contributed by atoms with Crippen molar-refractivity contribution in [2.45, 2.75) is 302 Å². The Morgan fingerprint density at radius 2 is 0.836 bits per heavy atom. The Kier molecular flexibility index (Phi) is 31.8. The quantitative estimate of drug-likeness (QED) is 0.0987. The largest absolute Gasteiger partial charge is 0.540 e. The molecular formula is C99H127F2N12O18V3-3. The molecule has 3 saturated heterocycles. The second kappa shape index (κ2) is 41.5. The first kappa shape index (κ1) is 103. The van der Waals surface area contributed by atoms with Gasteiger partial charge in [0.05, 0.1) is 74.1 Å². The number of carbonyl (C=O) groups excluding carboxylic acids is 9. The molecular weight excluding hydrogens is 1840 g/mol. The molecule has 0 spiro atoms. The number of hydrogen-bond donors (Lipinski definition) is 3. The number of amides is 6. The van der Waals surface area contributed by atoms with E-state index < -0.39 is 119 Å². The molecule has 6 aromatic rings. The molecule has 3 radical (unpaired) electrons. The Balaban J connectivity index is 0.000000169. The van der Waals surface area contributed by atoms with Gasteiger partial charge in [-0.05, 0) is 209 Å². The molecule has 723 valence electrons. The van der Waals surface area contributed by atoms with Crippen LogP contribution >= 0.6 is 0 Å². The van der Waals surface area contributed by atoms with Crippen molar-refractivity contribution in [2.75, 3.05) is 41.0 Å². The summed E-state index contributed by atoms with van der Waals surface area (Å²) in [6, 6.07) is 10.7. The summed E-state index contributed by atoms with van der Waals surface area (Å²) < 4.78 is 84.6. The number of hydrogen-bond acceptors (Lipinski definition) is 24. The summed E-state index contributed by atoms with van der Waals surface area (Å²) in [6.45, 7) is 24.7. The van der Waals surface area contributed by atoms with Crippen LogP contribution in [-0.2, 0) is 98.6 Å². The van der Waals surface area contributed by atoms with Crippen molar-refractivity contribution in [3.05, 3.63) is 71.7 Å². The number of nitrogens with one attached hydrogen (secondary N) is 3. The Morgan fingerprint density at radius 3 is 1.29 bits per heavy atom. The van der Waals surface area contributed by atoms with Crippen molar-refractivity contribution >= 4 is 88.0 Å². The van der Waals surface area contributed by atoms with Crippen LogP contribution in [0.4, 0.5) is 23.2 Å². The molecule has 6 aliphatic heterocycles. The molecule has 6 aliphatic carbocycles. The molecule has 12 aliphatic rings. The second-order valence-electron chi connectivity index (χ2n) is 42.2. The predicted octanol–water partition coefficient (Wildman–Crippen LogP) is 14.9. The predicted molar refractivity (Wildman–Crippen MR) is 479 cm³/mol. The van der Waals surface area contributed by atoms with E-state index in [4.69, 9.17) is 62.6 Å². The maximum absolute atomic E-state index is 15.9. The summed E-state index contributed by atoms with van der Waals surface area (Å²) in [7, 11) is 4.73. The van der Waals surface area contributed by atoms with Crippen LogP contribution in [0.2, 0.25) is 0 Å². The molecule has 9 fully saturated rings. The van der Waals surface area contributed by atoms with E-state index in [1.54, 1.807) is 32.4 Å². The number of halogens is 2. The van der Waals surface area contributed by atoms with Crippen LogP contribution in [0.15, 0.2) is 54.6 Å². The fraction of sp³-hybridized carbons (Fsp3) is 0.667. The van der Waals surface area contributed by atoms with Gasteiger partial charge in [0.2, 0.25) is 35.4 Å². The van der Waals surface area contributed by atoms with Crippen LogP contribution in [0, 0.1) is 75.4 Å². The second-order valence-corrected chi connectivity index (χ2v) is 42.2. The van der Waals surface area contributed by atoms with Gasteiger partial charge in [-0.15, -0.1) is 0 Å². The monoisotopic (exact) mass is 1960 g/mol. The van der Waals surface area contributed by atoms with Crippen molar-refractivity contribution in [1.29, 1.82) is 0 Å². The Bertz CT molecular complexity index is 5210. The number of aromatic nitrogens is 6. The number of alkyl carbamates (subject to hydrolysis) is 3. The molecule has 8 unspecified atom stereocenters. The molecule has 18 rings (SSSR count). The summed E-state index contributed by atoms with van der Waals surface area (Å²) in [5, 5.41) is 8.51. The van der Waals surface area contributed by atoms with Gasteiger partial charge in [0, 0.05) is 85.7 Å². The Labute approximate surface area is 818 Å². The molecule has 6 amide bonds. The van der Waals surface area contributed by atoms with E-state index in [9.17, 15) is 43.2 Å². The molecule has 134 heavy (non-hydrogen) atoms. The number of carbonyl (C=O) groups is 6. The van der Waals surface area contributed by atoms with E-state index in [-0.39, 0.29) is 153 Å². The topological polar surface area (TPSA) is 360 Å². The normalized spacial score (nSPS) is 33.6. The van der Waals surface area contributed by atoms with Crippen LogP contribution in [-0.4, -0.2) is 219 Å². The maximum atomic E-state index is 15.9. The van der Waals surface area contributed by atoms with Crippen LogP contribution < -0.4 is 44.4 Å². The molecule has 35 heteroatoms. The van der Waals surface area contributed by atoms with Crippen molar-refractivity contribution in [2.24, 2.45) is 75.4 Å². The zero-order valence-corrected chi connectivity index (χ0v) is 83.6. The molecule has 3 aromatic carbocycles. The Morgan fingerprint density at radius 1 is 0.440 bits per heavy atom. The van der Waals surface area contributed by atoms with Crippen molar-refractivity contribution in [3.63, 3.8) is 0 Å². The van der Waals surface area contributed by atoms with Gasteiger partial charge in [-0.2, -0.15) is 0 Å². The third-order valence-electron chi connectivity index (χ3n) is 30.1. The van der Waals surface area contributed by atoms with Gasteiger partial charge in [-0.1, -0.05) is 127 Å². The minimum absolute atomic E-state index is 0. The number of benzene rings is 3. The number of fused-ring (bicyclic) bond motifs is 21. The maximum Gasteiger partial charge on any atom is 0.408 e. The van der Waals surface area contributed by atoms with Crippen molar-refractivity contribution in [3.8, 4) is 34.9 Å². The fourth-order valence-electron chi connectivity index (χ4n) is 21.8. The van der Waals surface area contributed by atoms with E-state index in [1.165, 1.54) is 28.2 Å². The van der Waals surface area contributed by atoms with Gasteiger partial charge in [-0.3, -0.25) is 14.4 Å². The zero-order valence-electron chi connectivity index (χ0n) is 79.5. The standard InChI is InChI=1S/C34H43N4O6.C34H45N4O6.C31H39F2N4O6.3V/c1-17-26(16-39)38-15-28(17)43-31-29(35-24-10-9-20(42-5)14-25(24)36-31)23-11-18(23)7-6-8-21-22-12-19(22)13-27(21)44-33(41)37-30(32(38)40)34(2,3)4;1-19-26(18-39)38-17-27(19)43-30-28(35-24-13-12-22(42-6)16-25(24)36-30)23-15-20(23)9-7-10-21-11-8-14-34(21,5)44-32(41)37-29(31(38)40)33(2,3)4;1-6-18-22(15-38)37-14-24(18)42-28-26(34-20-11-10-17(41-5)13-21(20)35-28)25(33)19(32)9-7-8-16-12-23(16)43-30(40)36-27(29(37)39)31(2,3)4;;;/h9-10,14,17-19,21-23,26-28,30H,6-8,11-13,15H2,1-5H3,(H,37,41);12-13,16,19-21,23,26-27,29H,7-11,14-15,17H2,1-6H3,(H,37,41);10-11,13,16,18-19,22-25,27H,6-9,12,14H2,1-5H3,(H,36,40);;;/q3*-1;;;/t17-,18?,19?,21+,22?,23?,26+,27+,28-,30+;19-,20?,21+,23?,26+,27-,29+,34+;16-,18+,19?,22-,23-,24+,25?,27-;;;/m001.../s1. The number of rotatable bonds is 7. The number of nitrogens with zero attached hydrogens (tertiary/aromatic N) is 9. The molecule has 30 nitrogen and oxygen atoms in total. The smallest absolute Gasteiger partial charge is 0.408 e. The molecule has 9 heterocycles. The summed E-state index contributed by atoms with van der Waals surface area (Å²) in [6.07, 6.45) is 13.1. The van der Waals surface area contributed by atoms with Crippen molar-refractivity contribution < 1.29 is 150 Å². The number of ether oxygens (including phenoxy) is 9. The summed E-state index contributed by atoms with van der Waals surface area (Å²) in [5.41, 5.74) is 2.44. The zero-order chi connectivity index (χ0) is 93.4. The molecule has 26 atom stereocenters. The van der Waals surface area contributed by atoms with Gasteiger partial charge in [0.1, 0.15) is 94.7 Å². The van der Waals surface area contributed by atoms with Gasteiger partial charge >= 0.3 is 18.3 Å². The summed E-state index contributed by atoms with van der Waals surface area (Å²) in [5.74, 6) is 3.51. The average molecular weight is 1960 g/mol. The molecule has 6 bridgehead atoms. The molecule has 3 aromatic heterocycles. The third kappa shape index (κ3) is 21.9. The molecule has 3 N–H and O–H groups in total. The van der Waals surface area contributed by atoms with E-state index in [0.29, 0.717) is 106 Å². The van der Waals surface area contributed by atoms with Gasteiger partial charge in [-0.25, -0.2) is 71.9 Å². The van der Waals surface area contributed by atoms with Gasteiger partial charge in [0.15, 0.2) is 6.17 Å². The first-order valence-electron chi connectivity index (χ1n) is 47.3. The van der Waals surface area contributed by atoms with Crippen LogP contribution in [0.3, 0.4) is 0 Å². The summed E-state index contributed by atoms with van der Waals surface area (Å²) in [4.78, 5) is 152. The third-order valence-corrected chi connectivity index (χ3v) is 30.1. The van der Waals surface area contributed by atoms with E-state index in [0.717, 1.165) is 99.5 Å². The Hall–Kier alpha value is -8.68. The van der Waals surface area contributed by atoms with Crippen LogP contribution in [0.1, 0.15) is 241 Å². The first-order chi connectivity index (χ1) is 62.4. The average Bonchev–Trinajstić information content (AvgIpc) is 1.60. The van der Waals surface area contributed by atoms with Crippen LogP contribution in [0.5, 0.6) is 34.9 Å². The number of methoxy groups -OCH3 is 3. The minimum Gasteiger partial charge on any atom is -0.540 e. The van der Waals surface area contributed by atoms with Gasteiger partial charge < -0.3 is 87.7 Å².